The number of imide groups is 1. The van der Waals surface area contributed by atoms with E-state index < -0.39 is 11.6 Å². The Hall–Kier alpha value is -2.61. The van der Waals surface area contributed by atoms with Crippen molar-refractivity contribution >= 4 is 17.7 Å². The molecule has 0 radical (unpaired) electrons. The molecule has 27 heavy (non-hydrogen) atoms. The molecular weight excluding hydrogens is 350 g/mol. The molecule has 3 amide bonds. The van der Waals surface area contributed by atoms with Gasteiger partial charge in [-0.05, 0) is 25.5 Å². The van der Waals surface area contributed by atoms with E-state index in [4.69, 9.17) is 9.47 Å². The summed E-state index contributed by atoms with van der Waals surface area (Å²) in [5, 5.41) is 3.03. The largest absolute Gasteiger partial charge is 0.493 e. The fourth-order valence-electron chi connectivity index (χ4n) is 4.73. The molecule has 3 aliphatic heterocycles. The maximum Gasteiger partial charge on any atom is 0.256 e. The lowest BCUT2D eigenvalue weighted by Crippen LogP contribution is -2.62. The first-order valence-corrected chi connectivity index (χ1v) is 9.16. The van der Waals surface area contributed by atoms with Gasteiger partial charge in [-0.15, -0.1) is 0 Å². The highest BCUT2D eigenvalue weighted by Crippen LogP contribution is 2.55. The Labute approximate surface area is 157 Å². The zero-order valence-corrected chi connectivity index (χ0v) is 15.9. The summed E-state index contributed by atoms with van der Waals surface area (Å²) in [6.07, 6.45) is 0.904. The van der Waals surface area contributed by atoms with Crippen molar-refractivity contribution in [3.8, 4) is 11.5 Å². The van der Waals surface area contributed by atoms with Gasteiger partial charge in [-0.2, -0.15) is 5.01 Å². The van der Waals surface area contributed by atoms with Gasteiger partial charge in [0.15, 0.2) is 17.2 Å². The maximum absolute atomic E-state index is 13.2. The summed E-state index contributed by atoms with van der Waals surface area (Å²) in [4.78, 5) is 40.6. The molecule has 8 heteroatoms. The number of fused-ring (bicyclic) bond motifs is 1. The van der Waals surface area contributed by atoms with Crippen LogP contribution in [0.2, 0.25) is 0 Å². The Kier molecular flexibility index (Phi) is 3.92. The van der Waals surface area contributed by atoms with Gasteiger partial charge in [0, 0.05) is 25.1 Å². The molecule has 8 nitrogen and oxygen atoms in total. The van der Waals surface area contributed by atoms with E-state index in [0.717, 1.165) is 0 Å². The van der Waals surface area contributed by atoms with Crippen molar-refractivity contribution in [2.75, 3.05) is 27.3 Å². The zero-order chi connectivity index (χ0) is 19.5. The van der Waals surface area contributed by atoms with Crippen molar-refractivity contribution in [1.82, 2.24) is 14.9 Å². The van der Waals surface area contributed by atoms with Gasteiger partial charge >= 0.3 is 0 Å². The second-order valence-electron chi connectivity index (χ2n) is 7.03. The molecule has 2 fully saturated rings. The highest BCUT2D eigenvalue weighted by atomic mass is 16.5. The molecule has 1 aromatic carbocycles. The molecule has 4 rings (SSSR count). The Balaban J connectivity index is 1.98. The second kappa shape index (κ2) is 5.95. The smallest absolute Gasteiger partial charge is 0.256 e. The minimum absolute atomic E-state index is 0.152. The van der Waals surface area contributed by atoms with Crippen LogP contribution in [0, 0.1) is 5.92 Å². The number of hydrazine groups is 1. The van der Waals surface area contributed by atoms with Gasteiger partial charge in [0.2, 0.25) is 5.91 Å². The maximum atomic E-state index is 13.2. The van der Waals surface area contributed by atoms with Crippen LogP contribution in [0.25, 0.3) is 0 Å². The van der Waals surface area contributed by atoms with E-state index in [1.54, 1.807) is 35.9 Å². The molecule has 0 bridgehead atoms. The second-order valence-corrected chi connectivity index (χ2v) is 7.03. The fraction of sp³-hybridized carbons (Fsp3) is 0.526. The van der Waals surface area contributed by atoms with E-state index in [1.165, 1.54) is 19.2 Å². The molecule has 144 valence electrons. The number of hydrogen-bond acceptors (Lipinski definition) is 6. The molecule has 0 aliphatic carbocycles. The highest BCUT2D eigenvalue weighted by molar-refractivity contribution is 6.05. The normalized spacial score (nSPS) is 26.7. The summed E-state index contributed by atoms with van der Waals surface area (Å²) < 4.78 is 10.8. The predicted octanol–water partition coefficient (Wildman–Crippen LogP) is 1.35. The summed E-state index contributed by atoms with van der Waals surface area (Å²) in [6.45, 7) is 4.57. The molecule has 2 saturated heterocycles. The summed E-state index contributed by atoms with van der Waals surface area (Å²) >= 11 is 0. The molecule has 0 unspecified atom stereocenters. The van der Waals surface area contributed by atoms with Crippen LogP contribution in [0.5, 0.6) is 11.5 Å². The molecule has 2 atom stereocenters. The molecule has 1 aromatic rings. The highest BCUT2D eigenvalue weighted by Gasteiger charge is 2.67. The third kappa shape index (κ3) is 1.99. The standard InChI is InChI=1S/C19H23N3O5/c1-5-16(23)22-17(24)11(2)19-13-10-15(27-4)14(26-3)9-12(13)18(25)20(19)7-6-8-21(19)22/h9-11H,5-8H2,1-4H3/t11-,19+/m1/s1. The predicted molar refractivity (Wildman–Crippen MR) is 94.9 cm³/mol. The number of nitrogens with zero attached hydrogens (tertiary/aromatic N) is 3. The fourth-order valence-corrected chi connectivity index (χ4v) is 4.73. The third-order valence-electron chi connectivity index (χ3n) is 5.92. The van der Waals surface area contributed by atoms with E-state index >= 15 is 0 Å². The number of benzene rings is 1. The van der Waals surface area contributed by atoms with Gasteiger partial charge < -0.3 is 14.4 Å². The molecule has 0 aromatic heterocycles. The number of methoxy groups -OCH3 is 2. The molecular formula is C19H23N3O5. The van der Waals surface area contributed by atoms with Gasteiger partial charge in [-0.1, -0.05) is 6.92 Å². The van der Waals surface area contributed by atoms with Gasteiger partial charge in [-0.3, -0.25) is 14.4 Å². The Morgan fingerprint density at radius 1 is 1.19 bits per heavy atom. The van der Waals surface area contributed by atoms with Crippen LogP contribution in [0.1, 0.15) is 42.6 Å². The Morgan fingerprint density at radius 2 is 1.85 bits per heavy atom. The van der Waals surface area contributed by atoms with Crippen LogP contribution < -0.4 is 9.47 Å². The van der Waals surface area contributed by atoms with Crippen molar-refractivity contribution < 1.29 is 23.9 Å². The molecule has 0 saturated carbocycles. The van der Waals surface area contributed by atoms with Crippen LogP contribution in [-0.4, -0.2) is 59.9 Å². The minimum atomic E-state index is -0.994. The van der Waals surface area contributed by atoms with Crippen molar-refractivity contribution in [2.24, 2.45) is 5.92 Å². The van der Waals surface area contributed by atoms with Crippen LogP contribution in [0.3, 0.4) is 0 Å². The van der Waals surface area contributed by atoms with Crippen LogP contribution in [0.15, 0.2) is 12.1 Å². The number of hydrogen-bond donors (Lipinski definition) is 0. The molecule has 3 aliphatic rings. The first-order chi connectivity index (χ1) is 12.9. The number of carbonyl (C=O) groups excluding carboxylic acids is 3. The van der Waals surface area contributed by atoms with Gasteiger partial charge in [0.05, 0.1) is 25.7 Å². The number of rotatable bonds is 3. The topological polar surface area (TPSA) is 79.4 Å². The summed E-state index contributed by atoms with van der Waals surface area (Å²) in [6, 6.07) is 3.44. The average Bonchev–Trinajstić information content (AvgIpc) is 3.08. The quantitative estimate of drug-likeness (QED) is 0.796. The Morgan fingerprint density at radius 3 is 2.48 bits per heavy atom. The van der Waals surface area contributed by atoms with Crippen molar-refractivity contribution in [3.05, 3.63) is 23.3 Å². The van der Waals surface area contributed by atoms with E-state index in [0.29, 0.717) is 42.1 Å². The lowest BCUT2D eigenvalue weighted by atomic mass is 9.85. The summed E-state index contributed by atoms with van der Waals surface area (Å²) in [5.74, 6) is -0.301. The SMILES string of the molecule is CCC(=O)N1C(=O)[C@@H](C)[C@]23c4cc(OC)c(OC)cc4C(=O)N2CCCN13. The summed E-state index contributed by atoms with van der Waals surface area (Å²) in [5.41, 5.74) is 0.189. The molecule has 3 heterocycles. The number of amides is 3. The van der Waals surface area contributed by atoms with Gasteiger partial charge in [0.1, 0.15) is 0 Å². The average molecular weight is 373 g/mol. The monoisotopic (exact) mass is 373 g/mol. The van der Waals surface area contributed by atoms with Crippen LogP contribution in [0.4, 0.5) is 0 Å². The minimum Gasteiger partial charge on any atom is -0.493 e. The Bertz CT molecular complexity index is 854. The van der Waals surface area contributed by atoms with E-state index in [9.17, 15) is 14.4 Å². The van der Waals surface area contributed by atoms with Gasteiger partial charge in [0.25, 0.3) is 11.8 Å². The third-order valence-corrected chi connectivity index (χ3v) is 5.92. The zero-order valence-electron chi connectivity index (χ0n) is 15.9. The summed E-state index contributed by atoms with van der Waals surface area (Å²) in [7, 11) is 3.05. The first-order valence-electron chi connectivity index (χ1n) is 9.16. The van der Waals surface area contributed by atoms with Crippen molar-refractivity contribution in [3.63, 3.8) is 0 Å². The first kappa shape index (κ1) is 17.8. The molecule has 0 N–H and O–H groups in total. The van der Waals surface area contributed by atoms with E-state index in [1.807, 2.05) is 0 Å². The van der Waals surface area contributed by atoms with E-state index in [-0.39, 0.29) is 24.1 Å². The van der Waals surface area contributed by atoms with Crippen molar-refractivity contribution in [2.45, 2.75) is 32.4 Å². The lowest BCUT2D eigenvalue weighted by molar-refractivity contribution is -0.174. The van der Waals surface area contributed by atoms with E-state index in [2.05, 4.69) is 0 Å². The van der Waals surface area contributed by atoms with Crippen LogP contribution >= 0.6 is 0 Å². The van der Waals surface area contributed by atoms with Crippen molar-refractivity contribution in [1.29, 1.82) is 0 Å². The number of ether oxygens (including phenoxy) is 2. The molecule has 1 spiro atoms. The van der Waals surface area contributed by atoms with Crippen LogP contribution in [-0.2, 0) is 15.3 Å². The number of carbonyl (C=O) groups is 3. The lowest BCUT2D eigenvalue weighted by Gasteiger charge is -2.48. The van der Waals surface area contributed by atoms with Gasteiger partial charge in [-0.25, -0.2) is 5.01 Å².